The maximum atomic E-state index is 11.2. The molecule has 0 aliphatic heterocycles. The highest BCUT2D eigenvalue weighted by molar-refractivity contribution is 9.10. The molecule has 0 atom stereocenters. The maximum absolute atomic E-state index is 11.2. The van der Waals surface area contributed by atoms with Gasteiger partial charge in [-0.15, -0.1) is 0 Å². The molecule has 0 aliphatic rings. The Labute approximate surface area is 123 Å². The summed E-state index contributed by atoms with van der Waals surface area (Å²) >= 11 is 3.38. The molecule has 0 saturated heterocycles. The average Bonchev–Trinajstić information content (AvgIpc) is 2.78. The van der Waals surface area contributed by atoms with E-state index in [9.17, 15) is 4.79 Å². The van der Waals surface area contributed by atoms with E-state index in [0.29, 0.717) is 11.3 Å². The Bertz CT molecular complexity index is 809. The molecule has 3 aromatic rings. The number of fused-ring (bicyclic) bond motifs is 1. The molecule has 100 valence electrons. The van der Waals surface area contributed by atoms with Crippen molar-refractivity contribution in [1.82, 2.24) is 14.6 Å². The van der Waals surface area contributed by atoms with Crippen LogP contribution in [0.5, 0.6) is 0 Å². The molecule has 6 heteroatoms. The smallest absolute Gasteiger partial charge is 0.354 e. The summed E-state index contributed by atoms with van der Waals surface area (Å²) in [5, 5.41) is 13.5. The van der Waals surface area contributed by atoms with Gasteiger partial charge in [-0.3, -0.25) is 0 Å². The number of nitrogens with zero attached hydrogens (tertiary/aromatic N) is 3. The first-order valence-corrected chi connectivity index (χ1v) is 6.70. The Kier molecular flexibility index (Phi) is 3.02. The van der Waals surface area contributed by atoms with E-state index in [0.717, 1.165) is 15.7 Å². The van der Waals surface area contributed by atoms with Crippen LogP contribution in [0, 0.1) is 6.92 Å². The molecule has 2 heterocycles. The predicted octanol–water partition coefficient (Wildman–Crippen LogP) is 3.17. The Balaban J connectivity index is 2.31. The van der Waals surface area contributed by atoms with E-state index in [2.05, 4.69) is 26.0 Å². The molecule has 2 aromatic heterocycles. The van der Waals surface area contributed by atoms with Crippen LogP contribution in [0.4, 0.5) is 0 Å². The normalized spacial score (nSPS) is 10.9. The number of halogens is 1. The summed E-state index contributed by atoms with van der Waals surface area (Å²) in [6, 6.07) is 10.9. The van der Waals surface area contributed by atoms with Crippen LogP contribution in [0.15, 0.2) is 40.9 Å². The van der Waals surface area contributed by atoms with Gasteiger partial charge in [-0.25, -0.2) is 14.3 Å². The second-order valence-electron chi connectivity index (χ2n) is 4.39. The Morgan fingerprint density at radius 2 is 1.95 bits per heavy atom. The summed E-state index contributed by atoms with van der Waals surface area (Å²) < 4.78 is 2.62. The number of carbonyl (C=O) groups is 1. The highest BCUT2D eigenvalue weighted by Gasteiger charge is 2.13. The fraction of sp³-hybridized carbons (Fsp3) is 0.0714. The molecule has 0 unspecified atom stereocenters. The number of hydrogen-bond donors (Lipinski definition) is 1. The van der Waals surface area contributed by atoms with Crippen molar-refractivity contribution in [2.75, 3.05) is 0 Å². The summed E-state index contributed by atoms with van der Waals surface area (Å²) in [5.41, 5.74) is 2.91. The fourth-order valence-electron chi connectivity index (χ4n) is 2.02. The van der Waals surface area contributed by atoms with Crippen molar-refractivity contribution < 1.29 is 9.90 Å². The van der Waals surface area contributed by atoms with Crippen molar-refractivity contribution >= 4 is 27.5 Å². The lowest BCUT2D eigenvalue weighted by Gasteiger charge is -2.06. The first-order chi connectivity index (χ1) is 9.54. The van der Waals surface area contributed by atoms with Gasteiger partial charge in [0.25, 0.3) is 0 Å². The minimum Gasteiger partial charge on any atom is -0.477 e. The second-order valence-corrected chi connectivity index (χ2v) is 5.31. The van der Waals surface area contributed by atoms with E-state index in [1.165, 1.54) is 6.07 Å². The number of aromatic carboxylic acids is 1. The van der Waals surface area contributed by atoms with Gasteiger partial charge in [0.05, 0.1) is 11.4 Å². The van der Waals surface area contributed by atoms with Crippen molar-refractivity contribution in [3.05, 3.63) is 52.3 Å². The van der Waals surface area contributed by atoms with E-state index in [1.807, 2.05) is 31.2 Å². The standard InChI is InChI=1S/C14H10BrN3O2/c1-8-6-13-16-11(14(19)20)7-12(18(13)17-8)9-2-4-10(15)5-3-9/h2-7H,1H3,(H,19,20). The zero-order chi connectivity index (χ0) is 14.3. The number of hydrogen-bond acceptors (Lipinski definition) is 3. The number of carboxylic acid groups (broad SMARTS) is 1. The Morgan fingerprint density at radius 1 is 1.25 bits per heavy atom. The van der Waals surface area contributed by atoms with Crippen LogP contribution < -0.4 is 0 Å². The topological polar surface area (TPSA) is 67.5 Å². The Morgan fingerprint density at radius 3 is 2.60 bits per heavy atom. The highest BCUT2D eigenvalue weighted by Crippen LogP contribution is 2.23. The lowest BCUT2D eigenvalue weighted by Crippen LogP contribution is -2.05. The van der Waals surface area contributed by atoms with Crippen molar-refractivity contribution in [3.8, 4) is 11.3 Å². The predicted molar refractivity (Wildman–Crippen MR) is 77.8 cm³/mol. The summed E-state index contributed by atoms with van der Waals surface area (Å²) in [4.78, 5) is 15.3. The number of aromatic nitrogens is 3. The van der Waals surface area contributed by atoms with Crippen LogP contribution in [0.3, 0.4) is 0 Å². The van der Waals surface area contributed by atoms with E-state index < -0.39 is 5.97 Å². The Hall–Kier alpha value is -2.21. The molecule has 1 N–H and O–H groups in total. The van der Waals surface area contributed by atoms with Crippen LogP contribution in [0.25, 0.3) is 16.9 Å². The summed E-state index contributed by atoms with van der Waals surface area (Å²) in [6.45, 7) is 1.85. The van der Waals surface area contributed by atoms with Gasteiger partial charge in [0.2, 0.25) is 0 Å². The molecule has 0 bridgehead atoms. The third-order valence-electron chi connectivity index (χ3n) is 2.91. The monoisotopic (exact) mass is 331 g/mol. The van der Waals surface area contributed by atoms with Gasteiger partial charge < -0.3 is 5.11 Å². The molecular weight excluding hydrogens is 322 g/mol. The van der Waals surface area contributed by atoms with Crippen LogP contribution in [-0.4, -0.2) is 25.7 Å². The van der Waals surface area contributed by atoms with Crippen LogP contribution in [-0.2, 0) is 0 Å². The van der Waals surface area contributed by atoms with Gasteiger partial charge in [-0.1, -0.05) is 28.1 Å². The first kappa shape index (κ1) is 12.8. The summed E-state index contributed by atoms with van der Waals surface area (Å²) in [7, 11) is 0. The molecule has 0 aliphatic carbocycles. The number of aryl methyl sites for hydroxylation is 1. The highest BCUT2D eigenvalue weighted by atomic mass is 79.9. The summed E-state index contributed by atoms with van der Waals surface area (Å²) in [6.07, 6.45) is 0. The molecule has 3 rings (SSSR count). The summed E-state index contributed by atoms with van der Waals surface area (Å²) in [5.74, 6) is -1.05. The quantitative estimate of drug-likeness (QED) is 0.783. The maximum Gasteiger partial charge on any atom is 0.354 e. The molecule has 0 amide bonds. The number of rotatable bonds is 2. The lowest BCUT2D eigenvalue weighted by atomic mass is 10.1. The van der Waals surface area contributed by atoms with Crippen molar-refractivity contribution in [1.29, 1.82) is 0 Å². The van der Waals surface area contributed by atoms with Gasteiger partial charge in [-0.2, -0.15) is 5.10 Å². The third kappa shape index (κ3) is 2.18. The van der Waals surface area contributed by atoms with E-state index in [4.69, 9.17) is 5.11 Å². The van der Waals surface area contributed by atoms with Gasteiger partial charge in [0, 0.05) is 16.1 Å². The zero-order valence-electron chi connectivity index (χ0n) is 10.5. The molecule has 0 saturated carbocycles. The lowest BCUT2D eigenvalue weighted by molar-refractivity contribution is 0.0690. The van der Waals surface area contributed by atoms with Gasteiger partial charge in [0.15, 0.2) is 11.3 Å². The third-order valence-corrected chi connectivity index (χ3v) is 3.44. The largest absolute Gasteiger partial charge is 0.477 e. The van der Waals surface area contributed by atoms with Crippen molar-refractivity contribution in [2.24, 2.45) is 0 Å². The van der Waals surface area contributed by atoms with Crippen LogP contribution in [0.1, 0.15) is 16.2 Å². The average molecular weight is 332 g/mol. The number of benzene rings is 1. The minimum absolute atomic E-state index is 0.00955. The van der Waals surface area contributed by atoms with E-state index in [-0.39, 0.29) is 5.69 Å². The van der Waals surface area contributed by atoms with Crippen LogP contribution in [0.2, 0.25) is 0 Å². The van der Waals surface area contributed by atoms with E-state index >= 15 is 0 Å². The van der Waals surface area contributed by atoms with Crippen molar-refractivity contribution in [2.45, 2.75) is 6.92 Å². The zero-order valence-corrected chi connectivity index (χ0v) is 12.1. The number of carboxylic acids is 1. The molecule has 1 aromatic carbocycles. The van der Waals surface area contributed by atoms with Crippen LogP contribution >= 0.6 is 15.9 Å². The second kappa shape index (κ2) is 4.72. The molecule has 20 heavy (non-hydrogen) atoms. The molecular formula is C14H10BrN3O2. The fourth-order valence-corrected chi connectivity index (χ4v) is 2.29. The molecule has 0 fully saturated rings. The molecule has 5 nitrogen and oxygen atoms in total. The van der Waals surface area contributed by atoms with Gasteiger partial charge in [-0.05, 0) is 25.1 Å². The van der Waals surface area contributed by atoms with Crippen molar-refractivity contribution in [3.63, 3.8) is 0 Å². The van der Waals surface area contributed by atoms with Gasteiger partial charge >= 0.3 is 5.97 Å². The SMILES string of the molecule is Cc1cc2nc(C(=O)O)cc(-c3ccc(Br)cc3)n2n1. The molecule has 0 spiro atoms. The van der Waals surface area contributed by atoms with Gasteiger partial charge in [0.1, 0.15) is 0 Å². The first-order valence-electron chi connectivity index (χ1n) is 5.91. The minimum atomic E-state index is -1.05. The molecule has 0 radical (unpaired) electrons. The van der Waals surface area contributed by atoms with E-state index in [1.54, 1.807) is 10.6 Å².